The Morgan fingerprint density at radius 2 is 1.88 bits per heavy atom. The molecule has 3 heterocycles. The van der Waals surface area contributed by atoms with Crippen LogP contribution < -0.4 is 15.0 Å². The van der Waals surface area contributed by atoms with Gasteiger partial charge in [0.2, 0.25) is 5.91 Å². The molecule has 1 saturated carbocycles. The van der Waals surface area contributed by atoms with Gasteiger partial charge in [-0.2, -0.15) is 0 Å². The van der Waals surface area contributed by atoms with Gasteiger partial charge in [0.05, 0.1) is 13.0 Å². The van der Waals surface area contributed by atoms with E-state index in [2.05, 4.69) is 25.1 Å². The third-order valence-electron chi connectivity index (χ3n) is 5.87. The second-order valence-electron chi connectivity index (χ2n) is 7.72. The average Bonchev–Trinajstić information content (AvgIpc) is 3.52. The minimum absolute atomic E-state index is 0.169. The topological polar surface area (TPSA) is 70.6 Å². The van der Waals surface area contributed by atoms with Crippen LogP contribution in [0.25, 0.3) is 0 Å². The van der Waals surface area contributed by atoms with Gasteiger partial charge >= 0.3 is 0 Å². The number of rotatable bonds is 5. The normalized spacial score (nSPS) is 25.1. The fraction of sp³-hybridized carbons (Fsp3) is 0.737. The molecule has 142 valence electrons. The number of methoxy groups -OCH3 is 1. The first-order valence-electron chi connectivity index (χ1n) is 9.89. The van der Waals surface area contributed by atoms with Crippen molar-refractivity contribution in [1.82, 2.24) is 20.2 Å². The monoisotopic (exact) mass is 359 g/mol. The van der Waals surface area contributed by atoms with E-state index in [1.54, 1.807) is 19.5 Å². The second-order valence-corrected chi connectivity index (χ2v) is 7.72. The molecule has 0 spiro atoms. The minimum atomic E-state index is 0.169. The van der Waals surface area contributed by atoms with Crippen molar-refractivity contribution in [3.63, 3.8) is 0 Å². The van der Waals surface area contributed by atoms with E-state index in [1.165, 1.54) is 0 Å². The molecule has 3 aliphatic rings. The molecule has 2 saturated heterocycles. The fourth-order valence-electron chi connectivity index (χ4n) is 4.22. The number of carbonyl (C=O) groups is 1. The summed E-state index contributed by atoms with van der Waals surface area (Å²) < 4.78 is 5.35. The van der Waals surface area contributed by atoms with Crippen LogP contribution in [-0.4, -0.2) is 66.1 Å². The van der Waals surface area contributed by atoms with Crippen LogP contribution in [-0.2, 0) is 4.79 Å². The van der Waals surface area contributed by atoms with E-state index in [9.17, 15) is 4.79 Å². The Kier molecular flexibility index (Phi) is 5.24. The molecule has 7 heteroatoms. The number of nitrogens with one attached hydrogen (secondary N) is 1. The van der Waals surface area contributed by atoms with E-state index >= 15 is 0 Å². The number of aromatic nitrogens is 2. The molecule has 1 N–H and O–H groups in total. The molecule has 26 heavy (non-hydrogen) atoms. The van der Waals surface area contributed by atoms with Gasteiger partial charge in [0.25, 0.3) is 5.88 Å². The number of nitrogens with zero attached hydrogens (tertiary/aromatic N) is 4. The molecule has 0 bridgehead atoms. The molecule has 1 unspecified atom stereocenters. The standard InChI is InChI=1S/C19H29N5O2/c1-26-19-17(20-8-9-21-19)23-11-6-16(7-12-23)24-10-2-3-14(13-24)18(25)22-15-4-5-15/h8-9,14-16H,2-7,10-13H2,1H3,(H,22,25). The third-order valence-corrected chi connectivity index (χ3v) is 5.87. The van der Waals surface area contributed by atoms with Gasteiger partial charge in [-0.15, -0.1) is 0 Å². The first-order valence-corrected chi connectivity index (χ1v) is 9.89. The molecule has 1 atom stereocenters. The largest absolute Gasteiger partial charge is 0.478 e. The van der Waals surface area contributed by atoms with Crippen LogP contribution in [0.1, 0.15) is 38.5 Å². The van der Waals surface area contributed by atoms with Crippen molar-refractivity contribution in [2.24, 2.45) is 5.92 Å². The van der Waals surface area contributed by atoms with Crippen LogP contribution in [0, 0.1) is 5.92 Å². The van der Waals surface area contributed by atoms with Gasteiger partial charge in [-0.05, 0) is 45.1 Å². The van der Waals surface area contributed by atoms with E-state index in [4.69, 9.17) is 4.74 Å². The van der Waals surface area contributed by atoms with E-state index in [1.807, 2.05) is 0 Å². The number of hydrogen-bond acceptors (Lipinski definition) is 6. The van der Waals surface area contributed by atoms with Crippen molar-refractivity contribution in [1.29, 1.82) is 0 Å². The zero-order valence-electron chi connectivity index (χ0n) is 15.6. The van der Waals surface area contributed by atoms with Crippen molar-refractivity contribution in [3.05, 3.63) is 12.4 Å². The Balaban J connectivity index is 1.31. The first-order chi connectivity index (χ1) is 12.7. The zero-order chi connectivity index (χ0) is 17.9. The van der Waals surface area contributed by atoms with Gasteiger partial charge in [-0.25, -0.2) is 9.97 Å². The lowest BCUT2D eigenvalue weighted by molar-refractivity contribution is -0.127. The molecule has 0 aromatic carbocycles. The Labute approximate surface area is 155 Å². The number of ether oxygens (including phenoxy) is 1. The number of hydrogen-bond donors (Lipinski definition) is 1. The lowest BCUT2D eigenvalue weighted by Gasteiger charge is -2.42. The number of likely N-dealkylation sites (tertiary alicyclic amines) is 1. The number of carbonyl (C=O) groups excluding carboxylic acids is 1. The summed E-state index contributed by atoms with van der Waals surface area (Å²) in [5, 5.41) is 3.19. The predicted molar refractivity (Wildman–Crippen MR) is 99.3 cm³/mol. The third kappa shape index (κ3) is 3.92. The van der Waals surface area contributed by atoms with Gasteiger partial charge in [0.15, 0.2) is 5.82 Å². The molecule has 1 amide bonds. The predicted octanol–water partition coefficient (Wildman–Crippen LogP) is 1.44. The van der Waals surface area contributed by atoms with Gasteiger partial charge in [0, 0.05) is 44.1 Å². The van der Waals surface area contributed by atoms with E-state index < -0.39 is 0 Å². The summed E-state index contributed by atoms with van der Waals surface area (Å²) in [7, 11) is 1.64. The SMILES string of the molecule is COc1nccnc1N1CCC(N2CCCC(C(=O)NC3CC3)C2)CC1. The summed E-state index contributed by atoms with van der Waals surface area (Å²) in [5.41, 5.74) is 0. The van der Waals surface area contributed by atoms with Crippen molar-refractivity contribution in [3.8, 4) is 5.88 Å². The van der Waals surface area contributed by atoms with Crippen molar-refractivity contribution in [2.45, 2.75) is 50.6 Å². The van der Waals surface area contributed by atoms with E-state index in [-0.39, 0.29) is 11.8 Å². The highest BCUT2D eigenvalue weighted by Gasteiger charge is 2.34. The van der Waals surface area contributed by atoms with Crippen LogP contribution in [0.2, 0.25) is 0 Å². The highest BCUT2D eigenvalue weighted by Crippen LogP contribution is 2.29. The molecule has 1 aromatic heterocycles. The highest BCUT2D eigenvalue weighted by molar-refractivity contribution is 5.79. The minimum Gasteiger partial charge on any atom is -0.478 e. The summed E-state index contributed by atoms with van der Waals surface area (Å²) >= 11 is 0. The highest BCUT2D eigenvalue weighted by atomic mass is 16.5. The first kappa shape index (κ1) is 17.5. The maximum atomic E-state index is 12.4. The van der Waals surface area contributed by atoms with Gasteiger partial charge in [0.1, 0.15) is 0 Å². The quantitative estimate of drug-likeness (QED) is 0.858. The fourth-order valence-corrected chi connectivity index (χ4v) is 4.22. The average molecular weight is 359 g/mol. The van der Waals surface area contributed by atoms with Gasteiger partial charge < -0.3 is 15.0 Å². The Bertz CT molecular complexity index is 628. The van der Waals surface area contributed by atoms with Crippen molar-refractivity contribution >= 4 is 11.7 Å². The lowest BCUT2D eigenvalue weighted by Crippen LogP contribution is -2.51. The van der Waals surface area contributed by atoms with Crippen LogP contribution in [0.4, 0.5) is 5.82 Å². The van der Waals surface area contributed by atoms with Gasteiger partial charge in [-0.3, -0.25) is 9.69 Å². The van der Waals surface area contributed by atoms with E-state index in [0.29, 0.717) is 18.0 Å². The van der Waals surface area contributed by atoms with Crippen molar-refractivity contribution in [2.75, 3.05) is 38.2 Å². The molecule has 7 nitrogen and oxygen atoms in total. The maximum Gasteiger partial charge on any atom is 0.257 e. The Morgan fingerprint density at radius 3 is 2.62 bits per heavy atom. The summed E-state index contributed by atoms with van der Waals surface area (Å²) in [6, 6.07) is 1.02. The molecular weight excluding hydrogens is 330 g/mol. The lowest BCUT2D eigenvalue weighted by atomic mass is 9.93. The smallest absolute Gasteiger partial charge is 0.257 e. The maximum absolute atomic E-state index is 12.4. The van der Waals surface area contributed by atoms with Crippen LogP contribution in [0.3, 0.4) is 0 Å². The van der Waals surface area contributed by atoms with Gasteiger partial charge in [-0.1, -0.05) is 0 Å². The van der Waals surface area contributed by atoms with Crippen LogP contribution in [0.15, 0.2) is 12.4 Å². The Hall–Kier alpha value is -1.89. The molecule has 0 radical (unpaired) electrons. The van der Waals surface area contributed by atoms with Crippen molar-refractivity contribution < 1.29 is 9.53 Å². The molecular formula is C19H29N5O2. The number of amides is 1. The number of anilines is 1. The molecule has 3 fully saturated rings. The molecule has 2 aliphatic heterocycles. The van der Waals surface area contributed by atoms with Crippen LogP contribution >= 0.6 is 0 Å². The Morgan fingerprint density at radius 1 is 1.12 bits per heavy atom. The van der Waals surface area contributed by atoms with E-state index in [0.717, 1.165) is 70.5 Å². The second kappa shape index (κ2) is 7.78. The molecule has 1 aromatic rings. The summed E-state index contributed by atoms with van der Waals surface area (Å²) in [6.45, 7) is 3.94. The zero-order valence-corrected chi connectivity index (χ0v) is 15.6. The summed E-state index contributed by atoms with van der Waals surface area (Å²) in [5.74, 6) is 1.89. The summed E-state index contributed by atoms with van der Waals surface area (Å²) in [6.07, 6.45) is 10.0. The van der Waals surface area contributed by atoms with Crippen LogP contribution in [0.5, 0.6) is 5.88 Å². The molecule has 4 rings (SSSR count). The number of piperidine rings is 2. The molecule has 1 aliphatic carbocycles. The summed E-state index contributed by atoms with van der Waals surface area (Å²) in [4.78, 5) is 25.9.